The minimum Gasteiger partial charge on any atom is -0.492 e. The Morgan fingerprint density at radius 3 is 3.00 bits per heavy atom. The lowest BCUT2D eigenvalue weighted by Crippen LogP contribution is -2.44. The van der Waals surface area contributed by atoms with Gasteiger partial charge in [0, 0.05) is 30.4 Å². The maximum atomic E-state index is 12.2. The Morgan fingerprint density at radius 2 is 2.32 bits per heavy atom. The van der Waals surface area contributed by atoms with Crippen LogP contribution in [0.1, 0.15) is 5.69 Å². The van der Waals surface area contributed by atoms with Crippen molar-refractivity contribution in [2.24, 2.45) is 5.73 Å². The van der Waals surface area contributed by atoms with Crippen LogP contribution in [-0.4, -0.2) is 47.2 Å². The highest BCUT2D eigenvalue weighted by molar-refractivity contribution is 6.30. The van der Waals surface area contributed by atoms with Crippen molar-refractivity contribution in [2.75, 3.05) is 20.2 Å². The summed E-state index contributed by atoms with van der Waals surface area (Å²) in [7, 11) is 1.70. The lowest BCUT2D eigenvalue weighted by atomic mass is 10.1. The van der Waals surface area contributed by atoms with E-state index in [2.05, 4.69) is 10.2 Å². The molecule has 0 aliphatic carbocycles. The van der Waals surface area contributed by atoms with Crippen molar-refractivity contribution in [2.45, 2.75) is 12.5 Å². The third kappa shape index (κ3) is 4.75. The highest BCUT2D eigenvalue weighted by atomic mass is 35.5. The van der Waals surface area contributed by atoms with E-state index in [0.29, 0.717) is 30.3 Å². The molecule has 0 bridgehead atoms. The zero-order valence-electron chi connectivity index (χ0n) is 12.3. The molecule has 1 atom stereocenters. The monoisotopic (exact) mass is 322 g/mol. The molecule has 7 heteroatoms. The van der Waals surface area contributed by atoms with Crippen molar-refractivity contribution in [1.82, 2.24) is 15.1 Å². The van der Waals surface area contributed by atoms with E-state index in [9.17, 15) is 4.79 Å². The number of carbonyl (C=O) groups is 1. The summed E-state index contributed by atoms with van der Waals surface area (Å²) in [4.78, 5) is 13.7. The molecule has 0 fully saturated rings. The number of halogens is 1. The molecular weight excluding hydrogens is 304 g/mol. The summed E-state index contributed by atoms with van der Waals surface area (Å²) < 4.78 is 5.56. The van der Waals surface area contributed by atoms with Crippen molar-refractivity contribution in [3.05, 3.63) is 47.2 Å². The van der Waals surface area contributed by atoms with Crippen molar-refractivity contribution < 1.29 is 9.53 Å². The van der Waals surface area contributed by atoms with Crippen LogP contribution in [-0.2, 0) is 11.2 Å². The van der Waals surface area contributed by atoms with Crippen LogP contribution in [0.5, 0.6) is 5.75 Å². The predicted octanol–water partition coefficient (Wildman–Crippen LogP) is 1.47. The van der Waals surface area contributed by atoms with Crippen LogP contribution in [0.4, 0.5) is 0 Å². The number of nitrogens with one attached hydrogen (secondary N) is 1. The second-order valence-electron chi connectivity index (χ2n) is 4.96. The van der Waals surface area contributed by atoms with E-state index >= 15 is 0 Å². The minimum absolute atomic E-state index is 0.135. The maximum absolute atomic E-state index is 12.2. The smallest absolute Gasteiger partial charge is 0.239 e. The van der Waals surface area contributed by atoms with Gasteiger partial charge in [0.15, 0.2) is 0 Å². The number of hydrogen-bond donors (Lipinski definition) is 2. The van der Waals surface area contributed by atoms with Crippen molar-refractivity contribution >= 4 is 17.5 Å². The van der Waals surface area contributed by atoms with Crippen molar-refractivity contribution in [3.63, 3.8) is 0 Å². The summed E-state index contributed by atoms with van der Waals surface area (Å²) in [6, 6.07) is 8.34. The van der Waals surface area contributed by atoms with Gasteiger partial charge in [-0.2, -0.15) is 5.10 Å². The fourth-order valence-electron chi connectivity index (χ4n) is 1.97. The molecule has 1 heterocycles. The molecule has 1 aromatic heterocycles. The van der Waals surface area contributed by atoms with Gasteiger partial charge in [0.2, 0.25) is 5.91 Å². The number of ether oxygens (including phenoxy) is 1. The summed E-state index contributed by atoms with van der Waals surface area (Å²) in [5.41, 5.74) is 6.75. The lowest BCUT2D eigenvalue weighted by Gasteiger charge is -2.21. The van der Waals surface area contributed by atoms with Gasteiger partial charge in [-0.05, 0) is 24.3 Å². The molecule has 1 amide bonds. The van der Waals surface area contributed by atoms with Gasteiger partial charge in [-0.1, -0.05) is 17.7 Å². The molecule has 2 aromatic rings. The Labute approximate surface area is 134 Å². The van der Waals surface area contributed by atoms with E-state index < -0.39 is 6.04 Å². The number of likely N-dealkylation sites (N-methyl/N-ethyl adjacent to an activating group) is 1. The molecule has 0 saturated heterocycles. The first-order valence-electron chi connectivity index (χ1n) is 6.93. The first kappa shape index (κ1) is 16.3. The van der Waals surface area contributed by atoms with Gasteiger partial charge >= 0.3 is 0 Å². The van der Waals surface area contributed by atoms with Gasteiger partial charge in [0.05, 0.1) is 12.6 Å². The fourth-order valence-corrected chi connectivity index (χ4v) is 2.15. The van der Waals surface area contributed by atoms with E-state index in [0.717, 1.165) is 5.69 Å². The third-order valence-corrected chi connectivity index (χ3v) is 3.42. The summed E-state index contributed by atoms with van der Waals surface area (Å²) in [5.74, 6) is 0.541. The quantitative estimate of drug-likeness (QED) is 0.808. The lowest BCUT2D eigenvalue weighted by molar-refractivity contribution is -0.131. The summed E-state index contributed by atoms with van der Waals surface area (Å²) in [6.45, 7) is 0.821. The van der Waals surface area contributed by atoms with Crippen LogP contribution in [0.25, 0.3) is 0 Å². The average Bonchev–Trinajstić information content (AvgIpc) is 2.99. The van der Waals surface area contributed by atoms with Crippen molar-refractivity contribution in [3.8, 4) is 5.75 Å². The van der Waals surface area contributed by atoms with E-state index in [-0.39, 0.29) is 5.91 Å². The van der Waals surface area contributed by atoms with Gasteiger partial charge in [-0.3, -0.25) is 9.89 Å². The fraction of sp³-hybridized carbons (Fsp3) is 0.333. The molecule has 0 aliphatic heterocycles. The SMILES string of the molecule is CN(CCOc1cccc(Cl)c1)C(=O)C(N)Cc1ccn[nH]1. The number of nitrogens with zero attached hydrogens (tertiary/aromatic N) is 2. The molecule has 0 spiro atoms. The van der Waals surface area contributed by atoms with E-state index in [4.69, 9.17) is 22.1 Å². The Bertz CT molecular complexity index is 603. The number of H-pyrrole nitrogens is 1. The van der Waals surface area contributed by atoms with Crippen LogP contribution in [0.15, 0.2) is 36.5 Å². The van der Waals surface area contributed by atoms with Crippen LogP contribution in [0, 0.1) is 0 Å². The maximum Gasteiger partial charge on any atom is 0.239 e. The van der Waals surface area contributed by atoms with Crippen LogP contribution >= 0.6 is 11.6 Å². The molecule has 22 heavy (non-hydrogen) atoms. The average molecular weight is 323 g/mol. The molecule has 1 aromatic carbocycles. The predicted molar refractivity (Wildman–Crippen MR) is 84.9 cm³/mol. The molecule has 0 saturated carbocycles. The topological polar surface area (TPSA) is 84.2 Å². The first-order chi connectivity index (χ1) is 10.6. The Morgan fingerprint density at radius 1 is 1.50 bits per heavy atom. The van der Waals surface area contributed by atoms with Crippen LogP contribution < -0.4 is 10.5 Å². The molecule has 1 unspecified atom stereocenters. The molecule has 6 nitrogen and oxygen atoms in total. The summed E-state index contributed by atoms with van der Waals surface area (Å²) in [5, 5.41) is 7.24. The number of aromatic nitrogens is 2. The summed E-state index contributed by atoms with van der Waals surface area (Å²) >= 11 is 5.88. The molecule has 3 N–H and O–H groups in total. The Kier molecular flexibility index (Phi) is 5.80. The molecule has 2 rings (SSSR count). The van der Waals surface area contributed by atoms with E-state index in [1.807, 2.05) is 12.1 Å². The van der Waals surface area contributed by atoms with Crippen LogP contribution in [0.2, 0.25) is 5.02 Å². The Hall–Kier alpha value is -2.05. The highest BCUT2D eigenvalue weighted by Crippen LogP contribution is 2.16. The molecule has 0 radical (unpaired) electrons. The molecule has 118 valence electrons. The number of amides is 1. The number of carbonyl (C=O) groups excluding carboxylic acids is 1. The molecule has 0 aliphatic rings. The minimum atomic E-state index is -0.600. The number of rotatable bonds is 7. The Balaban J connectivity index is 1.76. The second-order valence-corrected chi connectivity index (χ2v) is 5.39. The number of aromatic amines is 1. The normalized spacial score (nSPS) is 12.0. The number of benzene rings is 1. The van der Waals surface area contributed by atoms with E-state index in [1.165, 1.54) is 0 Å². The summed E-state index contributed by atoms with van der Waals surface area (Å²) in [6.07, 6.45) is 2.06. The standard InChI is InChI=1S/C15H19ClN4O2/c1-20(7-8-22-13-4-2-3-11(16)9-13)15(21)14(17)10-12-5-6-18-19-12/h2-6,9,14H,7-8,10,17H2,1H3,(H,18,19). The third-order valence-electron chi connectivity index (χ3n) is 3.18. The van der Waals surface area contributed by atoms with Crippen molar-refractivity contribution in [1.29, 1.82) is 0 Å². The highest BCUT2D eigenvalue weighted by Gasteiger charge is 2.18. The van der Waals surface area contributed by atoms with Gasteiger partial charge in [-0.15, -0.1) is 0 Å². The second kappa shape index (κ2) is 7.82. The van der Waals surface area contributed by atoms with Gasteiger partial charge < -0.3 is 15.4 Å². The number of hydrogen-bond acceptors (Lipinski definition) is 4. The zero-order valence-corrected chi connectivity index (χ0v) is 13.1. The van der Waals surface area contributed by atoms with Gasteiger partial charge in [-0.25, -0.2) is 0 Å². The van der Waals surface area contributed by atoms with Gasteiger partial charge in [0.25, 0.3) is 0 Å². The first-order valence-corrected chi connectivity index (χ1v) is 7.31. The molecular formula is C15H19ClN4O2. The number of nitrogens with two attached hydrogens (primary N) is 1. The largest absolute Gasteiger partial charge is 0.492 e. The van der Waals surface area contributed by atoms with E-state index in [1.54, 1.807) is 36.3 Å². The van der Waals surface area contributed by atoms with Crippen LogP contribution in [0.3, 0.4) is 0 Å². The zero-order chi connectivity index (χ0) is 15.9. The van der Waals surface area contributed by atoms with Gasteiger partial charge in [0.1, 0.15) is 12.4 Å².